The van der Waals surface area contributed by atoms with E-state index in [9.17, 15) is 14.4 Å². The topological polar surface area (TPSA) is 84.9 Å². The smallest absolute Gasteiger partial charge is 0.326 e. The number of nitrogens with one attached hydrogen (secondary N) is 1. The summed E-state index contributed by atoms with van der Waals surface area (Å²) in [5.74, 6) is -0.728. The first-order valence-electron chi connectivity index (χ1n) is 9.00. The van der Waals surface area contributed by atoms with Crippen LogP contribution in [0.3, 0.4) is 0 Å². The quantitative estimate of drug-likeness (QED) is 0.772. The molecule has 1 aliphatic heterocycles. The number of nitrogens with zero attached hydrogens (tertiary/aromatic N) is 1. The van der Waals surface area contributed by atoms with Gasteiger partial charge in [-0.15, -0.1) is 0 Å². The molecule has 1 atom stereocenters. The molecule has 3 rings (SSSR count). The summed E-state index contributed by atoms with van der Waals surface area (Å²) >= 11 is 0. The molecule has 2 aromatic carbocycles. The Morgan fingerprint density at radius 1 is 1.11 bits per heavy atom. The maximum absolute atomic E-state index is 12.6. The predicted molar refractivity (Wildman–Crippen MR) is 103 cm³/mol. The molecule has 1 aliphatic rings. The molecular weight excluding hydrogens is 360 g/mol. The van der Waals surface area contributed by atoms with Crippen molar-refractivity contribution in [3.05, 3.63) is 59.7 Å². The van der Waals surface area contributed by atoms with E-state index in [4.69, 9.17) is 9.47 Å². The second kappa shape index (κ2) is 8.56. The zero-order valence-electron chi connectivity index (χ0n) is 15.8. The Balaban J connectivity index is 1.50. The highest BCUT2D eigenvalue weighted by atomic mass is 16.5. The molecule has 2 amide bonds. The van der Waals surface area contributed by atoms with Crippen molar-refractivity contribution in [3.63, 3.8) is 0 Å². The van der Waals surface area contributed by atoms with Gasteiger partial charge in [-0.05, 0) is 49.2 Å². The molecule has 0 unspecified atom stereocenters. The van der Waals surface area contributed by atoms with Gasteiger partial charge in [-0.2, -0.15) is 0 Å². The summed E-state index contributed by atoms with van der Waals surface area (Å²) in [6, 6.07) is 14.2. The zero-order chi connectivity index (χ0) is 20.1. The maximum Gasteiger partial charge on any atom is 0.326 e. The Hall–Kier alpha value is -3.35. The normalized spacial score (nSPS) is 13.4. The van der Waals surface area contributed by atoms with Crippen molar-refractivity contribution in [2.75, 3.05) is 25.1 Å². The maximum atomic E-state index is 12.6. The van der Waals surface area contributed by atoms with E-state index in [0.717, 1.165) is 17.7 Å². The second-order valence-electron chi connectivity index (χ2n) is 6.41. The average molecular weight is 382 g/mol. The number of hydrogen-bond donors (Lipinski definition) is 1. The number of hydrogen-bond acceptors (Lipinski definition) is 5. The monoisotopic (exact) mass is 382 g/mol. The van der Waals surface area contributed by atoms with Gasteiger partial charge in [0.1, 0.15) is 12.3 Å². The molecule has 0 fully saturated rings. The highest BCUT2D eigenvalue weighted by Crippen LogP contribution is 2.28. The van der Waals surface area contributed by atoms with Crippen LogP contribution in [0.25, 0.3) is 0 Å². The molecule has 7 heteroatoms. The first kappa shape index (κ1) is 19.4. The van der Waals surface area contributed by atoms with E-state index in [1.165, 1.54) is 14.0 Å². The zero-order valence-corrected chi connectivity index (χ0v) is 15.8. The summed E-state index contributed by atoms with van der Waals surface area (Å²) in [5, 5.41) is 2.49. The van der Waals surface area contributed by atoms with Crippen LogP contribution in [0.15, 0.2) is 48.5 Å². The Morgan fingerprint density at radius 3 is 2.54 bits per heavy atom. The Kier molecular flexibility index (Phi) is 5.93. The van der Waals surface area contributed by atoms with Crippen LogP contribution < -0.4 is 15.0 Å². The van der Waals surface area contributed by atoms with Gasteiger partial charge in [0.05, 0.1) is 7.11 Å². The lowest BCUT2D eigenvalue weighted by molar-refractivity contribution is -0.152. The molecule has 146 valence electrons. The number of amides is 2. The van der Waals surface area contributed by atoms with Crippen molar-refractivity contribution in [3.8, 4) is 5.75 Å². The van der Waals surface area contributed by atoms with Crippen LogP contribution in [0.5, 0.6) is 5.75 Å². The molecule has 0 aromatic heterocycles. The van der Waals surface area contributed by atoms with E-state index >= 15 is 0 Å². The minimum Gasteiger partial charge on any atom is -0.497 e. The Labute approximate surface area is 163 Å². The van der Waals surface area contributed by atoms with E-state index in [2.05, 4.69) is 5.32 Å². The molecular formula is C21H22N2O5. The summed E-state index contributed by atoms with van der Waals surface area (Å²) in [7, 11) is 1.54. The molecule has 0 radical (unpaired) electrons. The molecule has 0 bridgehead atoms. The molecule has 7 nitrogen and oxygen atoms in total. The molecule has 2 aromatic rings. The third-order valence-electron chi connectivity index (χ3n) is 4.55. The highest BCUT2D eigenvalue weighted by Gasteiger charge is 2.29. The molecule has 28 heavy (non-hydrogen) atoms. The van der Waals surface area contributed by atoms with Crippen LogP contribution in [-0.2, 0) is 20.7 Å². The molecule has 1 N–H and O–H groups in total. The highest BCUT2D eigenvalue weighted by molar-refractivity contribution is 5.99. The van der Waals surface area contributed by atoms with E-state index in [1.807, 2.05) is 24.3 Å². The van der Waals surface area contributed by atoms with Crippen LogP contribution in [-0.4, -0.2) is 44.1 Å². The number of rotatable bonds is 6. The first-order valence-corrected chi connectivity index (χ1v) is 9.00. The number of ether oxygens (including phenoxy) is 2. The van der Waals surface area contributed by atoms with E-state index in [1.54, 1.807) is 29.2 Å². The van der Waals surface area contributed by atoms with E-state index in [0.29, 0.717) is 17.9 Å². The lowest BCUT2D eigenvalue weighted by atomic mass is 10.2. The van der Waals surface area contributed by atoms with Crippen molar-refractivity contribution in [1.82, 2.24) is 5.32 Å². The molecule has 0 saturated heterocycles. The number of esters is 1. The van der Waals surface area contributed by atoms with Gasteiger partial charge in [-0.25, -0.2) is 0 Å². The second-order valence-corrected chi connectivity index (χ2v) is 6.41. The predicted octanol–water partition coefficient (Wildman–Crippen LogP) is 1.95. The van der Waals surface area contributed by atoms with Gasteiger partial charge in [0, 0.05) is 17.8 Å². The van der Waals surface area contributed by atoms with Crippen LogP contribution in [0.4, 0.5) is 5.69 Å². The van der Waals surface area contributed by atoms with Gasteiger partial charge in [-0.1, -0.05) is 18.2 Å². The van der Waals surface area contributed by atoms with Crippen molar-refractivity contribution in [2.45, 2.75) is 19.4 Å². The minimum absolute atomic E-state index is 0.278. The SMILES string of the molecule is COc1ccc(C(=O)NCC(=O)O[C@@H](C)C(=O)N2CCc3ccccc32)cc1. The lowest BCUT2D eigenvalue weighted by Crippen LogP contribution is -2.41. The fourth-order valence-corrected chi connectivity index (χ4v) is 3.07. The van der Waals surface area contributed by atoms with E-state index in [-0.39, 0.29) is 12.5 Å². The number of methoxy groups -OCH3 is 1. The summed E-state index contributed by atoms with van der Waals surface area (Å²) in [5.41, 5.74) is 2.34. The Morgan fingerprint density at radius 2 is 1.82 bits per heavy atom. The number of benzene rings is 2. The van der Waals surface area contributed by atoms with Crippen LogP contribution in [0.2, 0.25) is 0 Å². The van der Waals surface area contributed by atoms with Gasteiger partial charge in [0.2, 0.25) is 0 Å². The summed E-state index contributed by atoms with van der Waals surface area (Å²) in [4.78, 5) is 38.3. The van der Waals surface area contributed by atoms with Gasteiger partial charge < -0.3 is 19.7 Å². The third kappa shape index (κ3) is 4.31. The largest absolute Gasteiger partial charge is 0.497 e. The fourth-order valence-electron chi connectivity index (χ4n) is 3.07. The first-order chi connectivity index (χ1) is 13.5. The summed E-state index contributed by atoms with van der Waals surface area (Å²) in [6.45, 7) is 1.78. The summed E-state index contributed by atoms with van der Waals surface area (Å²) in [6.07, 6.45) is -0.155. The molecule has 1 heterocycles. The van der Waals surface area contributed by atoms with Gasteiger partial charge in [-0.3, -0.25) is 14.4 Å². The van der Waals surface area contributed by atoms with Crippen molar-refractivity contribution in [2.24, 2.45) is 0 Å². The number of carbonyl (C=O) groups is 3. The number of carbonyl (C=O) groups excluding carboxylic acids is 3. The number of para-hydroxylation sites is 1. The van der Waals surface area contributed by atoms with Crippen LogP contribution in [0.1, 0.15) is 22.8 Å². The molecule has 0 spiro atoms. The van der Waals surface area contributed by atoms with Crippen molar-refractivity contribution >= 4 is 23.5 Å². The summed E-state index contributed by atoms with van der Waals surface area (Å²) < 4.78 is 10.2. The Bertz CT molecular complexity index is 879. The van der Waals surface area contributed by atoms with Crippen molar-refractivity contribution < 1.29 is 23.9 Å². The fraction of sp³-hybridized carbons (Fsp3) is 0.286. The average Bonchev–Trinajstić information content (AvgIpc) is 3.15. The molecule has 0 aliphatic carbocycles. The standard InChI is InChI=1S/C21H22N2O5/c1-14(21(26)23-12-11-15-5-3-4-6-18(15)23)28-19(24)13-22-20(25)16-7-9-17(27-2)10-8-16/h3-10,14H,11-13H2,1-2H3,(H,22,25)/t14-/m0/s1. The van der Waals surface area contributed by atoms with Crippen LogP contribution in [0, 0.1) is 0 Å². The van der Waals surface area contributed by atoms with Crippen molar-refractivity contribution in [1.29, 1.82) is 0 Å². The minimum atomic E-state index is -0.934. The van der Waals surface area contributed by atoms with Gasteiger partial charge in [0.25, 0.3) is 11.8 Å². The van der Waals surface area contributed by atoms with E-state index < -0.39 is 18.0 Å². The van der Waals surface area contributed by atoms with Gasteiger partial charge >= 0.3 is 5.97 Å². The van der Waals surface area contributed by atoms with Gasteiger partial charge in [0.15, 0.2) is 6.10 Å². The number of fused-ring (bicyclic) bond motifs is 1. The third-order valence-corrected chi connectivity index (χ3v) is 4.55. The number of anilines is 1. The molecule has 0 saturated carbocycles. The lowest BCUT2D eigenvalue weighted by Gasteiger charge is -2.21. The van der Waals surface area contributed by atoms with Crippen LogP contribution >= 0.6 is 0 Å².